The molecule has 2 heterocycles. The number of hydrogen-bond acceptors (Lipinski definition) is 5. The summed E-state index contributed by atoms with van der Waals surface area (Å²) in [6.07, 6.45) is -11.6. The number of ether oxygens (including phenoxy) is 2. The van der Waals surface area contributed by atoms with Crippen molar-refractivity contribution in [2.75, 3.05) is 46.4 Å². The van der Waals surface area contributed by atoms with Crippen LogP contribution in [0.5, 0.6) is 0 Å². The molecule has 5 nitrogen and oxygen atoms in total. The number of hydrogen-bond donors (Lipinski definition) is 1. The van der Waals surface area contributed by atoms with Crippen molar-refractivity contribution < 1.29 is 40.2 Å². The zero-order valence-corrected chi connectivity index (χ0v) is 22.7. The fraction of sp³-hybridized carbons (Fsp3) is 0.517. The number of nitrogens with zero attached hydrogens (tertiary/aromatic N) is 2. The van der Waals surface area contributed by atoms with E-state index in [1.165, 1.54) is 19.1 Å². The van der Waals surface area contributed by atoms with Crippen molar-refractivity contribution in [1.82, 2.24) is 15.1 Å². The van der Waals surface area contributed by atoms with Crippen LogP contribution in [-0.2, 0) is 21.8 Å². The maximum atomic E-state index is 13.7. The van der Waals surface area contributed by atoms with Gasteiger partial charge < -0.3 is 14.8 Å². The highest BCUT2D eigenvalue weighted by atomic mass is 19.4. The van der Waals surface area contributed by atoms with Gasteiger partial charge in [-0.3, -0.25) is 9.80 Å². The Morgan fingerprint density at radius 3 is 2.27 bits per heavy atom. The number of halogens is 7. The van der Waals surface area contributed by atoms with Gasteiger partial charge in [0.2, 0.25) is 0 Å². The molecule has 2 aromatic carbocycles. The fourth-order valence-corrected chi connectivity index (χ4v) is 4.94. The summed E-state index contributed by atoms with van der Waals surface area (Å²) in [6, 6.07) is 6.65. The summed E-state index contributed by atoms with van der Waals surface area (Å²) in [5, 5.41) is 3.34. The molecule has 2 aliphatic rings. The van der Waals surface area contributed by atoms with Gasteiger partial charge in [-0.05, 0) is 55.4 Å². The van der Waals surface area contributed by atoms with Crippen LogP contribution in [0.15, 0.2) is 42.5 Å². The third kappa shape index (κ3) is 8.20. The molecular weight excluding hydrogens is 555 g/mol. The van der Waals surface area contributed by atoms with Gasteiger partial charge in [0, 0.05) is 38.6 Å². The summed E-state index contributed by atoms with van der Waals surface area (Å²) in [4.78, 5) is 4.20. The summed E-state index contributed by atoms with van der Waals surface area (Å²) in [6.45, 7) is 5.00. The second-order valence-corrected chi connectivity index (χ2v) is 10.2. The highest BCUT2D eigenvalue weighted by molar-refractivity contribution is 5.35. The van der Waals surface area contributed by atoms with E-state index in [1.54, 1.807) is 12.1 Å². The van der Waals surface area contributed by atoms with Crippen LogP contribution in [0.3, 0.4) is 0 Å². The van der Waals surface area contributed by atoms with Crippen molar-refractivity contribution in [3.8, 4) is 11.8 Å². The molecular formula is C29H32F7N3O2. The van der Waals surface area contributed by atoms with Gasteiger partial charge in [0.1, 0.15) is 5.82 Å². The SMILES string of the molecule is C[C@@H](O[C@H]1OCCN(CC#CCC2CNCCN2C)[C@H]1c1ccc(F)cc1)c1cc(C(F)(F)F)cc(C(F)(F)F)c1. The smallest absolute Gasteiger partial charge is 0.349 e. The molecule has 1 N–H and O–H groups in total. The summed E-state index contributed by atoms with van der Waals surface area (Å²) >= 11 is 0. The van der Waals surface area contributed by atoms with Gasteiger partial charge in [0.15, 0.2) is 6.29 Å². The molecule has 2 aliphatic heterocycles. The Kier molecular flexibility index (Phi) is 9.97. The van der Waals surface area contributed by atoms with Gasteiger partial charge in [0.25, 0.3) is 0 Å². The molecule has 2 saturated heterocycles. The molecule has 4 atom stereocenters. The largest absolute Gasteiger partial charge is 0.416 e. The number of likely N-dealkylation sites (N-methyl/N-ethyl adjacent to an activating group) is 1. The second-order valence-electron chi connectivity index (χ2n) is 10.2. The lowest BCUT2D eigenvalue weighted by atomic mass is 10.0. The normalized spacial score (nSPS) is 23.6. The van der Waals surface area contributed by atoms with E-state index in [0.29, 0.717) is 37.2 Å². The maximum absolute atomic E-state index is 13.7. The Balaban J connectivity index is 1.57. The zero-order chi connectivity index (χ0) is 29.8. The van der Waals surface area contributed by atoms with E-state index in [1.807, 2.05) is 11.9 Å². The standard InChI is InChI=1S/C29H32F7N3O2/c1-19(21-15-22(28(31,32)33)17-23(16-21)29(34,35)36)41-27-26(20-6-8-24(30)9-7-20)39(13-14-40-27)11-4-3-5-25-18-37-10-12-38(25)2/h6-9,15-17,19,25-27,37H,5,10-14,18H2,1-2H3/t19-,25?,26+,27-/m1/s1. The number of nitrogens with one attached hydrogen (secondary N) is 1. The summed E-state index contributed by atoms with van der Waals surface area (Å²) < 4.78 is 106. The Morgan fingerprint density at radius 2 is 1.66 bits per heavy atom. The first kappa shape index (κ1) is 31.3. The van der Waals surface area contributed by atoms with Crippen LogP contribution >= 0.6 is 0 Å². The number of piperazine rings is 1. The topological polar surface area (TPSA) is 37.0 Å². The Hall–Kier alpha value is -2.69. The van der Waals surface area contributed by atoms with Gasteiger partial charge in [-0.25, -0.2) is 4.39 Å². The van der Waals surface area contributed by atoms with Crippen LogP contribution in [0.1, 0.15) is 47.7 Å². The van der Waals surface area contributed by atoms with E-state index in [9.17, 15) is 30.7 Å². The molecule has 2 fully saturated rings. The molecule has 0 spiro atoms. The lowest BCUT2D eigenvalue weighted by Crippen LogP contribution is -2.49. The van der Waals surface area contributed by atoms with Crippen LogP contribution in [0, 0.1) is 17.7 Å². The predicted octanol–water partition coefficient (Wildman–Crippen LogP) is 5.64. The third-order valence-corrected chi connectivity index (χ3v) is 7.33. The first-order chi connectivity index (χ1) is 19.3. The minimum Gasteiger partial charge on any atom is -0.349 e. The highest BCUT2D eigenvalue weighted by Crippen LogP contribution is 2.39. The number of benzene rings is 2. The van der Waals surface area contributed by atoms with Crippen molar-refractivity contribution in [2.45, 2.75) is 50.2 Å². The van der Waals surface area contributed by atoms with Gasteiger partial charge in [0.05, 0.1) is 36.4 Å². The minimum atomic E-state index is -4.98. The lowest BCUT2D eigenvalue weighted by Gasteiger charge is -2.41. The molecule has 224 valence electrons. The van der Waals surface area contributed by atoms with Gasteiger partial charge in [-0.15, -0.1) is 5.92 Å². The average Bonchev–Trinajstić information content (AvgIpc) is 2.91. The van der Waals surface area contributed by atoms with Crippen molar-refractivity contribution >= 4 is 0 Å². The maximum Gasteiger partial charge on any atom is 0.416 e. The van der Waals surface area contributed by atoms with Gasteiger partial charge >= 0.3 is 12.4 Å². The van der Waals surface area contributed by atoms with Crippen LogP contribution in [0.2, 0.25) is 0 Å². The third-order valence-electron chi connectivity index (χ3n) is 7.33. The van der Waals surface area contributed by atoms with E-state index in [-0.39, 0.29) is 24.3 Å². The Labute approximate surface area is 234 Å². The molecule has 4 rings (SSSR count). The lowest BCUT2D eigenvalue weighted by molar-refractivity contribution is -0.228. The van der Waals surface area contributed by atoms with Gasteiger partial charge in [-0.1, -0.05) is 18.1 Å². The average molecular weight is 588 g/mol. The summed E-state index contributed by atoms with van der Waals surface area (Å²) in [5.74, 6) is 5.92. The number of morpholine rings is 1. The molecule has 2 aromatic rings. The van der Waals surface area contributed by atoms with E-state index < -0.39 is 47.7 Å². The molecule has 0 aliphatic carbocycles. The van der Waals surface area contributed by atoms with Gasteiger partial charge in [-0.2, -0.15) is 26.3 Å². The van der Waals surface area contributed by atoms with Crippen LogP contribution in [0.25, 0.3) is 0 Å². The van der Waals surface area contributed by atoms with Crippen LogP contribution in [0.4, 0.5) is 30.7 Å². The van der Waals surface area contributed by atoms with E-state index in [0.717, 1.165) is 19.6 Å². The highest BCUT2D eigenvalue weighted by Gasteiger charge is 2.39. The fourth-order valence-electron chi connectivity index (χ4n) is 4.94. The van der Waals surface area contributed by atoms with E-state index >= 15 is 0 Å². The molecule has 12 heteroatoms. The molecule has 0 aromatic heterocycles. The zero-order valence-electron chi connectivity index (χ0n) is 22.7. The Morgan fingerprint density at radius 1 is 1.00 bits per heavy atom. The quantitative estimate of drug-likeness (QED) is 0.350. The first-order valence-electron chi connectivity index (χ1n) is 13.3. The molecule has 0 bridgehead atoms. The van der Waals surface area contributed by atoms with Crippen LogP contribution < -0.4 is 5.32 Å². The second kappa shape index (κ2) is 13.1. The van der Waals surface area contributed by atoms with Crippen molar-refractivity contribution in [2.24, 2.45) is 0 Å². The number of alkyl halides is 6. The van der Waals surface area contributed by atoms with Crippen molar-refractivity contribution in [1.29, 1.82) is 0 Å². The van der Waals surface area contributed by atoms with Crippen molar-refractivity contribution in [3.63, 3.8) is 0 Å². The number of rotatable bonds is 6. The van der Waals surface area contributed by atoms with Crippen molar-refractivity contribution in [3.05, 3.63) is 70.5 Å². The molecule has 1 unspecified atom stereocenters. The van der Waals surface area contributed by atoms with E-state index in [2.05, 4.69) is 22.1 Å². The minimum absolute atomic E-state index is 0.0796. The first-order valence-corrected chi connectivity index (χ1v) is 13.3. The predicted molar refractivity (Wildman–Crippen MR) is 138 cm³/mol. The molecule has 0 saturated carbocycles. The molecule has 0 radical (unpaired) electrons. The summed E-state index contributed by atoms with van der Waals surface area (Å²) in [5.41, 5.74) is -2.53. The van der Waals surface area contributed by atoms with Crippen LogP contribution in [-0.4, -0.2) is 68.5 Å². The molecule has 41 heavy (non-hydrogen) atoms. The molecule has 0 amide bonds. The Bertz CT molecular complexity index is 1190. The summed E-state index contributed by atoms with van der Waals surface area (Å²) in [7, 11) is 2.05. The van der Waals surface area contributed by atoms with E-state index in [4.69, 9.17) is 9.47 Å². The monoisotopic (exact) mass is 587 g/mol.